The molecule has 0 aromatic heterocycles. The Morgan fingerprint density at radius 1 is 1.23 bits per heavy atom. The van der Waals surface area contributed by atoms with Crippen LogP contribution in [0.5, 0.6) is 0 Å². The maximum absolute atomic E-state index is 10.9. The summed E-state index contributed by atoms with van der Waals surface area (Å²) >= 11 is 0. The Morgan fingerprint density at radius 3 is 2.62 bits per heavy atom. The van der Waals surface area contributed by atoms with E-state index in [1.54, 1.807) is 0 Å². The molecule has 0 aromatic rings. The topological polar surface area (TPSA) is 26.3 Å². The summed E-state index contributed by atoms with van der Waals surface area (Å²) in [6.45, 7) is 4.48. The fraction of sp³-hybridized carbons (Fsp3) is 0.727. The molecule has 2 nitrogen and oxygen atoms in total. The number of hydrogen-bond acceptors (Lipinski definition) is 2. The van der Waals surface area contributed by atoms with E-state index in [4.69, 9.17) is 4.74 Å². The Labute approximate surface area is 81.0 Å². The monoisotopic (exact) mass is 184 g/mol. The van der Waals surface area contributed by atoms with Crippen LogP contribution in [-0.4, -0.2) is 12.6 Å². The highest BCUT2D eigenvalue weighted by Gasteiger charge is 1.95. The molecule has 0 heterocycles. The second kappa shape index (κ2) is 9.30. The Kier molecular flexibility index (Phi) is 8.73. The third-order valence-electron chi connectivity index (χ3n) is 1.73. The number of rotatable bonds is 7. The molecular weight excluding hydrogens is 164 g/mol. The first-order valence-corrected chi connectivity index (χ1v) is 5.11. The van der Waals surface area contributed by atoms with Gasteiger partial charge in [-0.05, 0) is 19.8 Å². The molecule has 0 bridgehead atoms. The summed E-state index contributed by atoms with van der Waals surface area (Å²) in [6.07, 6.45) is 9.18. The minimum atomic E-state index is -0.130. The van der Waals surface area contributed by atoms with E-state index in [9.17, 15) is 4.79 Å². The van der Waals surface area contributed by atoms with Crippen molar-refractivity contribution in [2.45, 2.75) is 46.0 Å². The number of unbranched alkanes of at least 4 members (excludes halogenated alkanes) is 3. The van der Waals surface area contributed by atoms with Gasteiger partial charge in [0.05, 0.1) is 13.0 Å². The molecule has 0 rings (SSSR count). The summed E-state index contributed by atoms with van der Waals surface area (Å²) in [6, 6.07) is 0. The lowest BCUT2D eigenvalue weighted by Gasteiger charge is -1.96. The summed E-state index contributed by atoms with van der Waals surface area (Å²) < 4.78 is 4.78. The van der Waals surface area contributed by atoms with Crippen LogP contribution in [0.3, 0.4) is 0 Å². The van der Waals surface area contributed by atoms with Crippen LogP contribution in [-0.2, 0) is 9.53 Å². The predicted molar refractivity (Wildman–Crippen MR) is 54.5 cm³/mol. The van der Waals surface area contributed by atoms with Crippen molar-refractivity contribution in [3.8, 4) is 0 Å². The molecule has 0 aromatic carbocycles. The van der Waals surface area contributed by atoms with E-state index in [0.717, 1.165) is 6.42 Å². The minimum absolute atomic E-state index is 0.130. The fourth-order valence-corrected chi connectivity index (χ4v) is 1.03. The van der Waals surface area contributed by atoms with Gasteiger partial charge in [0, 0.05) is 0 Å². The van der Waals surface area contributed by atoms with Crippen molar-refractivity contribution in [3.63, 3.8) is 0 Å². The first-order valence-electron chi connectivity index (χ1n) is 5.11. The van der Waals surface area contributed by atoms with Crippen molar-refractivity contribution < 1.29 is 9.53 Å². The molecule has 0 atom stereocenters. The second-order valence-corrected chi connectivity index (χ2v) is 2.98. The molecule has 0 radical (unpaired) electrons. The van der Waals surface area contributed by atoms with Crippen LogP contribution >= 0.6 is 0 Å². The van der Waals surface area contributed by atoms with Gasteiger partial charge >= 0.3 is 5.97 Å². The molecule has 0 unspecified atom stereocenters. The number of hydrogen-bond donors (Lipinski definition) is 0. The van der Waals surface area contributed by atoms with E-state index in [1.807, 2.05) is 13.0 Å². The van der Waals surface area contributed by atoms with Crippen molar-refractivity contribution in [2.24, 2.45) is 0 Å². The highest BCUT2D eigenvalue weighted by molar-refractivity contribution is 5.71. The molecule has 0 aliphatic rings. The maximum Gasteiger partial charge on any atom is 0.309 e. The summed E-state index contributed by atoms with van der Waals surface area (Å²) in [5.41, 5.74) is 0. The average molecular weight is 184 g/mol. The van der Waals surface area contributed by atoms with Gasteiger partial charge in [-0.1, -0.05) is 31.9 Å². The normalized spacial score (nSPS) is 10.6. The van der Waals surface area contributed by atoms with Gasteiger partial charge in [0.1, 0.15) is 0 Å². The van der Waals surface area contributed by atoms with Crippen LogP contribution < -0.4 is 0 Å². The van der Waals surface area contributed by atoms with Gasteiger partial charge in [0.2, 0.25) is 0 Å². The lowest BCUT2D eigenvalue weighted by Crippen LogP contribution is -2.01. The van der Waals surface area contributed by atoms with Crippen LogP contribution in [0.15, 0.2) is 12.2 Å². The van der Waals surface area contributed by atoms with Crippen molar-refractivity contribution in [1.82, 2.24) is 0 Å². The zero-order valence-electron chi connectivity index (χ0n) is 8.71. The molecule has 0 spiro atoms. The number of carbonyl (C=O) groups is 1. The largest absolute Gasteiger partial charge is 0.466 e. The summed E-state index contributed by atoms with van der Waals surface area (Å²) in [4.78, 5) is 10.9. The molecule has 13 heavy (non-hydrogen) atoms. The van der Waals surface area contributed by atoms with Crippen molar-refractivity contribution in [2.75, 3.05) is 6.61 Å². The molecule has 0 saturated heterocycles. The Morgan fingerprint density at radius 2 is 2.00 bits per heavy atom. The molecule has 0 aliphatic heterocycles. The van der Waals surface area contributed by atoms with E-state index in [2.05, 4.69) is 13.0 Å². The van der Waals surface area contributed by atoms with E-state index in [1.165, 1.54) is 19.3 Å². The zero-order valence-corrected chi connectivity index (χ0v) is 8.71. The summed E-state index contributed by atoms with van der Waals surface area (Å²) in [5.74, 6) is -0.130. The molecule has 0 N–H and O–H groups in total. The van der Waals surface area contributed by atoms with E-state index < -0.39 is 0 Å². The van der Waals surface area contributed by atoms with Crippen LogP contribution in [0.1, 0.15) is 46.0 Å². The Balaban J connectivity index is 3.25. The molecule has 76 valence electrons. The third kappa shape index (κ3) is 9.12. The zero-order chi connectivity index (χ0) is 9.94. The van der Waals surface area contributed by atoms with Crippen molar-refractivity contribution in [1.29, 1.82) is 0 Å². The maximum atomic E-state index is 10.9. The minimum Gasteiger partial charge on any atom is -0.466 e. The molecule has 0 aliphatic carbocycles. The fourth-order valence-electron chi connectivity index (χ4n) is 1.03. The second-order valence-electron chi connectivity index (χ2n) is 2.98. The highest BCUT2D eigenvalue weighted by Crippen LogP contribution is 2.00. The average Bonchev–Trinajstić information content (AvgIpc) is 2.11. The van der Waals surface area contributed by atoms with Crippen LogP contribution in [0.2, 0.25) is 0 Å². The van der Waals surface area contributed by atoms with Gasteiger partial charge in [0.25, 0.3) is 0 Å². The molecule has 0 amide bonds. The number of carbonyl (C=O) groups excluding carboxylic acids is 1. The smallest absolute Gasteiger partial charge is 0.309 e. The van der Waals surface area contributed by atoms with E-state index in [0.29, 0.717) is 13.0 Å². The molecular formula is C11H20O2. The van der Waals surface area contributed by atoms with E-state index in [-0.39, 0.29) is 5.97 Å². The van der Waals surface area contributed by atoms with Crippen LogP contribution in [0, 0.1) is 0 Å². The number of esters is 1. The molecule has 2 heteroatoms. The Bertz CT molecular complexity index is 150. The SMILES string of the molecule is CCCCC/C=C\CC(=O)OCC. The molecule has 0 fully saturated rings. The highest BCUT2D eigenvalue weighted by atomic mass is 16.5. The lowest BCUT2D eigenvalue weighted by atomic mass is 10.2. The first kappa shape index (κ1) is 12.2. The predicted octanol–water partition coefficient (Wildman–Crippen LogP) is 3.08. The third-order valence-corrected chi connectivity index (χ3v) is 1.73. The quantitative estimate of drug-likeness (QED) is 0.345. The summed E-state index contributed by atoms with van der Waals surface area (Å²) in [7, 11) is 0. The lowest BCUT2D eigenvalue weighted by molar-refractivity contribution is -0.142. The standard InChI is InChI=1S/C11H20O2/c1-3-5-6-7-8-9-10-11(12)13-4-2/h8-9H,3-7,10H2,1-2H3/b9-8-. The Hall–Kier alpha value is -0.790. The van der Waals surface area contributed by atoms with Gasteiger partial charge < -0.3 is 4.74 Å². The van der Waals surface area contributed by atoms with Crippen molar-refractivity contribution >= 4 is 5.97 Å². The van der Waals surface area contributed by atoms with Gasteiger partial charge in [0.15, 0.2) is 0 Å². The molecule has 0 saturated carbocycles. The van der Waals surface area contributed by atoms with Crippen LogP contribution in [0.4, 0.5) is 0 Å². The van der Waals surface area contributed by atoms with Gasteiger partial charge in [-0.3, -0.25) is 4.79 Å². The van der Waals surface area contributed by atoms with E-state index >= 15 is 0 Å². The van der Waals surface area contributed by atoms with Crippen LogP contribution in [0.25, 0.3) is 0 Å². The summed E-state index contributed by atoms with van der Waals surface area (Å²) in [5, 5.41) is 0. The van der Waals surface area contributed by atoms with Gasteiger partial charge in [-0.2, -0.15) is 0 Å². The van der Waals surface area contributed by atoms with Crippen molar-refractivity contribution in [3.05, 3.63) is 12.2 Å². The first-order chi connectivity index (χ1) is 6.31. The van der Waals surface area contributed by atoms with Gasteiger partial charge in [-0.25, -0.2) is 0 Å². The van der Waals surface area contributed by atoms with Gasteiger partial charge in [-0.15, -0.1) is 0 Å². The number of ether oxygens (including phenoxy) is 1. The number of allylic oxidation sites excluding steroid dienone is 1.